The third-order valence-corrected chi connectivity index (χ3v) is 6.55. The summed E-state index contributed by atoms with van der Waals surface area (Å²) in [6.45, 7) is 1.57. The molecule has 0 radical (unpaired) electrons. The molecule has 124 valence electrons. The van der Waals surface area contributed by atoms with Crippen molar-refractivity contribution in [1.82, 2.24) is 4.90 Å². The van der Waals surface area contributed by atoms with Crippen molar-refractivity contribution in [3.8, 4) is 0 Å². The highest BCUT2D eigenvalue weighted by Gasteiger charge is 2.27. The van der Waals surface area contributed by atoms with Crippen LogP contribution in [0.2, 0.25) is 0 Å². The summed E-state index contributed by atoms with van der Waals surface area (Å²) in [5.41, 5.74) is 1.89. The number of fused-ring (bicyclic) bond motifs is 2. The van der Waals surface area contributed by atoms with Crippen LogP contribution in [-0.2, 0) is 24.3 Å². The first-order valence-corrected chi connectivity index (χ1v) is 9.42. The Bertz CT molecular complexity index is 915. The van der Waals surface area contributed by atoms with Gasteiger partial charge in [0, 0.05) is 40.7 Å². The quantitative estimate of drug-likeness (QED) is 0.690. The van der Waals surface area contributed by atoms with Crippen LogP contribution in [0.3, 0.4) is 0 Å². The molecule has 2 aromatic heterocycles. The molecule has 1 aromatic carbocycles. The Morgan fingerprint density at radius 3 is 3.08 bits per heavy atom. The van der Waals surface area contributed by atoms with E-state index in [1.165, 1.54) is 27.8 Å². The number of carbonyl (C=O) groups is 1. The van der Waals surface area contributed by atoms with Crippen LogP contribution in [0.25, 0.3) is 10.1 Å². The lowest BCUT2D eigenvalue weighted by atomic mass is 10.1. The van der Waals surface area contributed by atoms with Crippen LogP contribution in [0.4, 0.5) is 4.39 Å². The SMILES string of the molecule is COCc1c(C(=O)N2CCc3sccc3C2)sc2cccc(F)c12. The van der Waals surface area contributed by atoms with Gasteiger partial charge in [0.05, 0.1) is 11.5 Å². The van der Waals surface area contributed by atoms with E-state index < -0.39 is 0 Å². The van der Waals surface area contributed by atoms with E-state index in [9.17, 15) is 9.18 Å². The second kappa shape index (κ2) is 6.27. The monoisotopic (exact) mass is 361 g/mol. The molecule has 1 aliphatic rings. The highest BCUT2D eigenvalue weighted by molar-refractivity contribution is 7.21. The maximum absolute atomic E-state index is 14.3. The third kappa shape index (κ3) is 2.55. The standard InChI is InChI=1S/C18H16FNO2S2/c1-22-10-12-16-13(19)3-2-4-15(16)24-17(12)18(21)20-7-5-14-11(9-20)6-8-23-14/h2-4,6,8H,5,7,9-10H2,1H3. The van der Waals surface area contributed by atoms with Crippen LogP contribution in [0, 0.1) is 5.82 Å². The van der Waals surface area contributed by atoms with Crippen LogP contribution in [-0.4, -0.2) is 24.5 Å². The third-order valence-electron chi connectivity index (χ3n) is 4.34. The number of halogens is 1. The van der Waals surface area contributed by atoms with Crippen LogP contribution < -0.4 is 0 Å². The van der Waals surface area contributed by atoms with Crippen molar-refractivity contribution in [2.75, 3.05) is 13.7 Å². The summed E-state index contributed by atoms with van der Waals surface area (Å²) in [5, 5.41) is 2.59. The van der Waals surface area contributed by atoms with Crippen molar-refractivity contribution in [2.45, 2.75) is 19.6 Å². The maximum atomic E-state index is 14.3. The van der Waals surface area contributed by atoms with Gasteiger partial charge in [0.15, 0.2) is 0 Å². The molecule has 0 spiro atoms. The molecule has 3 aromatic rings. The Morgan fingerprint density at radius 1 is 1.38 bits per heavy atom. The summed E-state index contributed by atoms with van der Waals surface area (Å²) in [4.78, 5) is 16.9. The maximum Gasteiger partial charge on any atom is 0.264 e. The summed E-state index contributed by atoms with van der Waals surface area (Å²) < 4.78 is 20.3. The molecule has 0 saturated heterocycles. The fourth-order valence-electron chi connectivity index (χ4n) is 3.19. The van der Waals surface area contributed by atoms with Gasteiger partial charge in [0.2, 0.25) is 0 Å². The van der Waals surface area contributed by atoms with E-state index in [4.69, 9.17) is 4.74 Å². The minimum absolute atomic E-state index is 0.0282. The van der Waals surface area contributed by atoms with Gasteiger partial charge in [-0.25, -0.2) is 4.39 Å². The predicted molar refractivity (Wildman–Crippen MR) is 95.3 cm³/mol. The second-order valence-electron chi connectivity index (χ2n) is 5.80. The molecule has 6 heteroatoms. The Kier molecular flexibility index (Phi) is 4.12. The lowest BCUT2D eigenvalue weighted by molar-refractivity contribution is 0.0736. The molecule has 0 bridgehead atoms. The number of methoxy groups -OCH3 is 1. The van der Waals surface area contributed by atoms with Gasteiger partial charge >= 0.3 is 0 Å². The highest BCUT2D eigenvalue weighted by Crippen LogP contribution is 2.35. The van der Waals surface area contributed by atoms with Crippen molar-refractivity contribution in [3.63, 3.8) is 0 Å². The van der Waals surface area contributed by atoms with E-state index in [1.54, 1.807) is 24.5 Å². The van der Waals surface area contributed by atoms with Gasteiger partial charge in [-0.3, -0.25) is 4.79 Å². The summed E-state index contributed by atoms with van der Waals surface area (Å²) >= 11 is 3.10. The molecular formula is C18H16FNO2S2. The molecule has 1 amide bonds. The smallest absolute Gasteiger partial charge is 0.264 e. The van der Waals surface area contributed by atoms with E-state index in [1.807, 2.05) is 11.0 Å². The zero-order valence-electron chi connectivity index (χ0n) is 13.2. The molecule has 0 N–H and O–H groups in total. The zero-order valence-corrected chi connectivity index (χ0v) is 14.8. The molecule has 1 aliphatic heterocycles. The first-order chi connectivity index (χ1) is 11.7. The molecule has 0 aliphatic carbocycles. The Labute approximate surface area is 147 Å². The number of hydrogen-bond donors (Lipinski definition) is 0. The number of thiophene rings is 2. The topological polar surface area (TPSA) is 29.5 Å². The van der Waals surface area contributed by atoms with Crippen molar-refractivity contribution in [2.24, 2.45) is 0 Å². The van der Waals surface area contributed by atoms with E-state index >= 15 is 0 Å². The predicted octanol–water partition coefficient (Wildman–Crippen LogP) is 4.45. The van der Waals surface area contributed by atoms with Crippen molar-refractivity contribution < 1.29 is 13.9 Å². The first-order valence-electron chi connectivity index (χ1n) is 7.72. The second-order valence-corrected chi connectivity index (χ2v) is 7.85. The van der Waals surface area contributed by atoms with Crippen molar-refractivity contribution >= 4 is 38.7 Å². The summed E-state index contributed by atoms with van der Waals surface area (Å²) in [6.07, 6.45) is 0.887. The van der Waals surface area contributed by atoms with Crippen LogP contribution in [0.15, 0.2) is 29.6 Å². The zero-order chi connectivity index (χ0) is 16.7. The van der Waals surface area contributed by atoms with Crippen LogP contribution in [0.1, 0.15) is 25.7 Å². The lowest BCUT2D eigenvalue weighted by Gasteiger charge is -2.27. The number of hydrogen-bond acceptors (Lipinski definition) is 4. The largest absolute Gasteiger partial charge is 0.380 e. The van der Waals surface area contributed by atoms with Crippen molar-refractivity contribution in [3.05, 3.63) is 56.3 Å². The van der Waals surface area contributed by atoms with Gasteiger partial charge in [-0.05, 0) is 35.6 Å². The van der Waals surface area contributed by atoms with Gasteiger partial charge in [0.1, 0.15) is 5.82 Å². The fourth-order valence-corrected chi connectivity index (χ4v) is 5.27. The van der Waals surface area contributed by atoms with Gasteiger partial charge in [-0.1, -0.05) is 6.07 Å². The number of amides is 1. The van der Waals surface area contributed by atoms with Crippen molar-refractivity contribution in [1.29, 1.82) is 0 Å². The first kappa shape index (κ1) is 15.7. The molecule has 3 nitrogen and oxygen atoms in total. The minimum Gasteiger partial charge on any atom is -0.380 e. The van der Waals surface area contributed by atoms with Crippen LogP contribution in [0.5, 0.6) is 0 Å². The van der Waals surface area contributed by atoms with E-state index in [2.05, 4.69) is 11.4 Å². The number of benzene rings is 1. The van der Waals surface area contributed by atoms with Gasteiger partial charge in [-0.2, -0.15) is 0 Å². The number of rotatable bonds is 3. The molecule has 0 atom stereocenters. The number of carbonyl (C=O) groups excluding carboxylic acids is 1. The molecule has 24 heavy (non-hydrogen) atoms. The normalized spacial score (nSPS) is 14.2. The molecule has 0 unspecified atom stereocenters. The van der Waals surface area contributed by atoms with Crippen LogP contribution >= 0.6 is 22.7 Å². The summed E-state index contributed by atoms with van der Waals surface area (Å²) in [6, 6.07) is 7.05. The number of ether oxygens (including phenoxy) is 1. The average Bonchev–Trinajstić information content (AvgIpc) is 3.19. The lowest BCUT2D eigenvalue weighted by Crippen LogP contribution is -2.35. The Morgan fingerprint density at radius 2 is 2.25 bits per heavy atom. The summed E-state index contributed by atoms with van der Waals surface area (Å²) in [7, 11) is 1.57. The molecular weight excluding hydrogens is 345 g/mol. The Hall–Kier alpha value is -1.76. The summed E-state index contributed by atoms with van der Waals surface area (Å²) in [5.74, 6) is -0.326. The minimum atomic E-state index is -0.298. The highest BCUT2D eigenvalue weighted by atomic mass is 32.1. The van der Waals surface area contributed by atoms with E-state index in [0.717, 1.165) is 11.1 Å². The van der Waals surface area contributed by atoms with E-state index in [-0.39, 0.29) is 18.3 Å². The van der Waals surface area contributed by atoms with Gasteiger partial charge in [0.25, 0.3) is 5.91 Å². The Balaban J connectivity index is 1.74. The van der Waals surface area contributed by atoms with Gasteiger partial charge in [-0.15, -0.1) is 22.7 Å². The molecule has 4 rings (SSSR count). The molecule has 0 saturated carbocycles. The van der Waals surface area contributed by atoms with E-state index in [0.29, 0.717) is 28.9 Å². The fraction of sp³-hybridized carbons (Fsp3) is 0.278. The number of nitrogens with zero attached hydrogens (tertiary/aromatic N) is 1. The molecule has 0 fully saturated rings. The average molecular weight is 361 g/mol. The van der Waals surface area contributed by atoms with Gasteiger partial charge < -0.3 is 9.64 Å². The molecule has 3 heterocycles.